The minimum atomic E-state index is -0.0565. The maximum absolute atomic E-state index is 12.3. The van der Waals surface area contributed by atoms with Crippen LogP contribution >= 0.6 is 11.6 Å². The molecule has 1 aromatic rings. The van der Waals surface area contributed by atoms with E-state index in [1.54, 1.807) is 12.1 Å². The van der Waals surface area contributed by atoms with Gasteiger partial charge in [0.15, 0.2) is 0 Å². The molecule has 1 aromatic carbocycles. The highest BCUT2D eigenvalue weighted by atomic mass is 35.5. The first-order valence-electron chi connectivity index (χ1n) is 7.86. The summed E-state index contributed by atoms with van der Waals surface area (Å²) in [4.78, 5) is 16.5. The predicted molar refractivity (Wildman–Crippen MR) is 87.5 cm³/mol. The predicted octanol–water partition coefficient (Wildman–Crippen LogP) is 2.67. The highest BCUT2D eigenvalue weighted by molar-refractivity contribution is 6.30. The quantitative estimate of drug-likeness (QED) is 0.930. The number of hydrogen-bond donors (Lipinski definition) is 1. The van der Waals surface area contributed by atoms with Gasteiger partial charge >= 0.3 is 6.03 Å². The molecule has 2 saturated heterocycles. The van der Waals surface area contributed by atoms with Gasteiger partial charge in [0.25, 0.3) is 0 Å². The highest BCUT2D eigenvalue weighted by Crippen LogP contribution is 2.17. The Morgan fingerprint density at radius 3 is 2.82 bits per heavy atom. The molecule has 22 heavy (non-hydrogen) atoms. The third-order valence-corrected chi connectivity index (χ3v) is 4.46. The molecule has 0 bridgehead atoms. The SMILES string of the molecule is O=C(Nc1cccc(Cl)c1)N1CCN(C[C@H]2CCCO2)CC1. The van der Waals surface area contributed by atoms with Crippen molar-refractivity contribution in [3.8, 4) is 0 Å². The summed E-state index contributed by atoms with van der Waals surface area (Å²) < 4.78 is 5.67. The number of carbonyl (C=O) groups excluding carboxylic acids is 1. The zero-order valence-electron chi connectivity index (χ0n) is 12.6. The van der Waals surface area contributed by atoms with Gasteiger partial charge in [-0.3, -0.25) is 4.90 Å². The van der Waals surface area contributed by atoms with Gasteiger partial charge in [-0.15, -0.1) is 0 Å². The lowest BCUT2D eigenvalue weighted by molar-refractivity contribution is 0.0572. The molecule has 2 fully saturated rings. The monoisotopic (exact) mass is 323 g/mol. The first-order valence-corrected chi connectivity index (χ1v) is 8.24. The van der Waals surface area contributed by atoms with Crippen LogP contribution in [0.25, 0.3) is 0 Å². The molecular formula is C16H22ClN3O2. The Bertz CT molecular complexity index is 512. The van der Waals surface area contributed by atoms with Crippen molar-refractivity contribution in [1.29, 1.82) is 0 Å². The number of rotatable bonds is 3. The molecule has 3 rings (SSSR count). The van der Waals surface area contributed by atoms with Crippen LogP contribution in [0.5, 0.6) is 0 Å². The van der Waals surface area contributed by atoms with Crippen LogP contribution in [0.4, 0.5) is 10.5 Å². The summed E-state index contributed by atoms with van der Waals surface area (Å²) in [5, 5.41) is 3.52. The summed E-state index contributed by atoms with van der Waals surface area (Å²) in [7, 11) is 0. The zero-order chi connectivity index (χ0) is 15.4. The third-order valence-electron chi connectivity index (χ3n) is 4.22. The number of halogens is 1. The van der Waals surface area contributed by atoms with Crippen LogP contribution in [0.1, 0.15) is 12.8 Å². The number of piperazine rings is 1. The highest BCUT2D eigenvalue weighted by Gasteiger charge is 2.24. The van der Waals surface area contributed by atoms with Crippen molar-refractivity contribution < 1.29 is 9.53 Å². The fourth-order valence-corrected chi connectivity index (χ4v) is 3.17. The molecule has 0 unspecified atom stereocenters. The number of urea groups is 1. The molecule has 6 heteroatoms. The van der Waals surface area contributed by atoms with Crippen molar-refractivity contribution in [3.63, 3.8) is 0 Å². The average Bonchev–Trinajstić information content (AvgIpc) is 3.01. The molecule has 0 spiro atoms. The topological polar surface area (TPSA) is 44.8 Å². The first kappa shape index (κ1) is 15.6. The summed E-state index contributed by atoms with van der Waals surface area (Å²) in [6.07, 6.45) is 2.72. The van der Waals surface area contributed by atoms with Gasteiger partial charge in [-0.05, 0) is 31.0 Å². The van der Waals surface area contributed by atoms with Crippen LogP contribution in [0.15, 0.2) is 24.3 Å². The fraction of sp³-hybridized carbons (Fsp3) is 0.562. The lowest BCUT2D eigenvalue weighted by atomic mass is 10.2. The zero-order valence-corrected chi connectivity index (χ0v) is 13.4. The molecule has 2 aliphatic rings. The van der Waals surface area contributed by atoms with E-state index >= 15 is 0 Å². The molecule has 1 atom stereocenters. The average molecular weight is 324 g/mol. The van der Waals surface area contributed by atoms with Gasteiger partial charge in [-0.25, -0.2) is 4.79 Å². The Hall–Kier alpha value is -1.30. The lowest BCUT2D eigenvalue weighted by Crippen LogP contribution is -2.51. The molecule has 2 amide bonds. The Balaban J connectivity index is 1.45. The van der Waals surface area contributed by atoms with Crippen LogP contribution in [-0.2, 0) is 4.74 Å². The molecule has 0 aliphatic carbocycles. The van der Waals surface area contributed by atoms with E-state index in [0.717, 1.165) is 51.4 Å². The molecular weight excluding hydrogens is 302 g/mol. The van der Waals surface area contributed by atoms with E-state index in [1.807, 2.05) is 17.0 Å². The van der Waals surface area contributed by atoms with E-state index < -0.39 is 0 Å². The first-order chi connectivity index (χ1) is 10.7. The van der Waals surface area contributed by atoms with Gasteiger partial charge in [0.1, 0.15) is 0 Å². The van der Waals surface area contributed by atoms with Crippen molar-refractivity contribution in [2.24, 2.45) is 0 Å². The second kappa shape index (κ2) is 7.31. The van der Waals surface area contributed by atoms with Crippen LogP contribution in [0, 0.1) is 0 Å². The van der Waals surface area contributed by atoms with Gasteiger partial charge in [0, 0.05) is 50.0 Å². The fourth-order valence-electron chi connectivity index (χ4n) is 2.98. The minimum absolute atomic E-state index is 0.0565. The summed E-state index contributed by atoms with van der Waals surface area (Å²) in [5.74, 6) is 0. The Labute approximate surface area is 136 Å². The third kappa shape index (κ3) is 4.12. The van der Waals surface area contributed by atoms with Crippen molar-refractivity contribution in [3.05, 3.63) is 29.3 Å². The Morgan fingerprint density at radius 1 is 1.32 bits per heavy atom. The molecule has 2 heterocycles. The lowest BCUT2D eigenvalue weighted by Gasteiger charge is -2.35. The maximum atomic E-state index is 12.3. The van der Waals surface area contributed by atoms with Crippen molar-refractivity contribution >= 4 is 23.3 Å². The van der Waals surface area contributed by atoms with Crippen molar-refractivity contribution in [2.75, 3.05) is 44.6 Å². The summed E-state index contributed by atoms with van der Waals surface area (Å²) in [5.41, 5.74) is 0.735. The van der Waals surface area contributed by atoms with Crippen LogP contribution < -0.4 is 5.32 Å². The van der Waals surface area contributed by atoms with Crippen molar-refractivity contribution in [1.82, 2.24) is 9.80 Å². The Morgan fingerprint density at radius 2 is 2.14 bits per heavy atom. The summed E-state index contributed by atoms with van der Waals surface area (Å²) in [6.45, 7) is 5.19. The van der Waals surface area contributed by atoms with E-state index in [2.05, 4.69) is 10.2 Å². The number of amides is 2. The second-order valence-electron chi connectivity index (χ2n) is 5.86. The normalized spacial score (nSPS) is 22.8. The maximum Gasteiger partial charge on any atom is 0.321 e. The molecule has 0 aromatic heterocycles. The summed E-state index contributed by atoms with van der Waals surface area (Å²) >= 11 is 5.93. The Kier molecular flexibility index (Phi) is 5.18. The number of ether oxygens (including phenoxy) is 1. The molecule has 2 aliphatic heterocycles. The van der Waals surface area contributed by atoms with Gasteiger partial charge in [0.2, 0.25) is 0 Å². The molecule has 120 valence electrons. The number of nitrogens with one attached hydrogen (secondary N) is 1. The van der Waals surface area contributed by atoms with Gasteiger partial charge in [0.05, 0.1) is 6.10 Å². The van der Waals surface area contributed by atoms with Crippen LogP contribution in [-0.4, -0.2) is 61.3 Å². The number of benzene rings is 1. The minimum Gasteiger partial charge on any atom is -0.377 e. The van der Waals surface area contributed by atoms with Gasteiger partial charge in [-0.2, -0.15) is 0 Å². The number of anilines is 1. The van der Waals surface area contributed by atoms with Gasteiger partial charge in [-0.1, -0.05) is 17.7 Å². The summed E-state index contributed by atoms with van der Waals surface area (Å²) in [6, 6.07) is 7.17. The smallest absolute Gasteiger partial charge is 0.321 e. The second-order valence-corrected chi connectivity index (χ2v) is 6.30. The largest absolute Gasteiger partial charge is 0.377 e. The van der Waals surface area contributed by atoms with E-state index in [9.17, 15) is 4.79 Å². The van der Waals surface area contributed by atoms with E-state index in [-0.39, 0.29) is 6.03 Å². The van der Waals surface area contributed by atoms with E-state index in [4.69, 9.17) is 16.3 Å². The van der Waals surface area contributed by atoms with Gasteiger partial charge < -0.3 is 15.0 Å². The molecule has 0 radical (unpaired) electrons. The standard InChI is InChI=1S/C16H22ClN3O2/c17-13-3-1-4-14(11-13)18-16(21)20-8-6-19(7-9-20)12-15-5-2-10-22-15/h1,3-4,11,15H,2,5-10,12H2,(H,18,21)/t15-/m1/s1. The van der Waals surface area contributed by atoms with Crippen molar-refractivity contribution in [2.45, 2.75) is 18.9 Å². The van der Waals surface area contributed by atoms with E-state index in [1.165, 1.54) is 6.42 Å². The number of carbonyl (C=O) groups is 1. The molecule has 5 nitrogen and oxygen atoms in total. The molecule has 1 N–H and O–H groups in total. The van der Waals surface area contributed by atoms with E-state index in [0.29, 0.717) is 11.1 Å². The van der Waals surface area contributed by atoms with Crippen LogP contribution in [0.2, 0.25) is 5.02 Å². The number of nitrogens with zero attached hydrogens (tertiary/aromatic N) is 2. The number of hydrogen-bond acceptors (Lipinski definition) is 3. The molecule has 0 saturated carbocycles. The van der Waals surface area contributed by atoms with Crippen LogP contribution in [0.3, 0.4) is 0 Å².